The Morgan fingerprint density at radius 1 is 0.973 bits per heavy atom. The predicted octanol–water partition coefficient (Wildman–Crippen LogP) is 5.34. The Labute approximate surface area is 218 Å². The van der Waals surface area contributed by atoms with E-state index in [4.69, 9.17) is 4.74 Å². The molecule has 1 saturated heterocycles. The standard InChI is InChI=1S/C31H36N2O4/c1-31(2,36)26(19-21-7-5-4-6-8-21)27-16-18-33(30(35)37-27)29(24-13-14-24)23-11-9-22(10-12-23)25-15-17-32(3)28(34)20-25/h4-12,15,17,20,24,26-27,29,36H,13-14,16,18-19H2,1-3H3/t26?,27-,29+/m0/s1. The zero-order valence-corrected chi connectivity index (χ0v) is 21.8. The Balaban J connectivity index is 1.33. The van der Waals surface area contributed by atoms with Crippen LogP contribution in [-0.4, -0.2) is 38.9 Å². The van der Waals surface area contributed by atoms with Crippen LogP contribution in [0.1, 0.15) is 50.3 Å². The van der Waals surface area contributed by atoms with Gasteiger partial charge < -0.3 is 19.3 Å². The first kappa shape index (κ1) is 25.3. The molecule has 6 nitrogen and oxygen atoms in total. The van der Waals surface area contributed by atoms with E-state index in [1.165, 1.54) is 0 Å². The number of rotatable bonds is 8. The van der Waals surface area contributed by atoms with Crippen molar-refractivity contribution in [3.63, 3.8) is 0 Å². The zero-order chi connectivity index (χ0) is 26.2. The molecule has 194 valence electrons. The maximum Gasteiger partial charge on any atom is 0.410 e. The van der Waals surface area contributed by atoms with Gasteiger partial charge >= 0.3 is 6.09 Å². The molecular formula is C31H36N2O4. The number of carbonyl (C=O) groups is 1. The molecule has 2 aromatic carbocycles. The number of ether oxygens (including phenoxy) is 1. The van der Waals surface area contributed by atoms with Crippen LogP contribution in [0.25, 0.3) is 11.1 Å². The Bertz CT molecular complexity index is 1290. The van der Waals surface area contributed by atoms with Gasteiger partial charge in [-0.1, -0.05) is 54.6 Å². The van der Waals surface area contributed by atoms with E-state index >= 15 is 0 Å². The average Bonchev–Trinajstić information content (AvgIpc) is 3.71. The molecule has 37 heavy (non-hydrogen) atoms. The number of pyridine rings is 1. The van der Waals surface area contributed by atoms with Gasteiger partial charge in [-0.2, -0.15) is 0 Å². The van der Waals surface area contributed by atoms with Crippen molar-refractivity contribution in [2.75, 3.05) is 6.54 Å². The summed E-state index contributed by atoms with van der Waals surface area (Å²) in [7, 11) is 1.74. The SMILES string of the molecule is Cn1ccc(-c2ccc([C@H](C3CC3)N3CC[C@@H](C(Cc4ccccc4)C(C)(C)O)OC3=O)cc2)cc1=O. The number of hydrogen-bond acceptors (Lipinski definition) is 4. The quantitative estimate of drug-likeness (QED) is 0.453. The maximum absolute atomic E-state index is 13.4. The average molecular weight is 501 g/mol. The molecule has 1 N–H and O–H groups in total. The third-order valence-corrected chi connectivity index (χ3v) is 7.89. The molecule has 6 heteroatoms. The fourth-order valence-corrected chi connectivity index (χ4v) is 5.57. The lowest BCUT2D eigenvalue weighted by Crippen LogP contribution is -2.51. The molecule has 1 unspecified atom stereocenters. The smallest absolute Gasteiger partial charge is 0.410 e. The number of aryl methyl sites for hydroxylation is 1. The van der Waals surface area contributed by atoms with Crippen molar-refractivity contribution in [3.8, 4) is 11.1 Å². The Kier molecular flexibility index (Phi) is 6.95. The van der Waals surface area contributed by atoms with Gasteiger partial charge in [-0.05, 0) is 67.3 Å². The van der Waals surface area contributed by atoms with E-state index in [9.17, 15) is 14.7 Å². The molecule has 0 bridgehead atoms. The second-order valence-corrected chi connectivity index (χ2v) is 11.1. The fraction of sp³-hybridized carbons (Fsp3) is 0.419. The van der Waals surface area contributed by atoms with Crippen molar-refractivity contribution in [3.05, 3.63) is 94.4 Å². The third-order valence-electron chi connectivity index (χ3n) is 7.89. The van der Waals surface area contributed by atoms with E-state index < -0.39 is 5.60 Å². The van der Waals surface area contributed by atoms with Crippen LogP contribution in [0.3, 0.4) is 0 Å². The van der Waals surface area contributed by atoms with Crippen molar-refractivity contribution in [2.24, 2.45) is 18.9 Å². The summed E-state index contributed by atoms with van der Waals surface area (Å²) in [5.74, 6) is 0.228. The van der Waals surface area contributed by atoms with Crippen LogP contribution in [0.15, 0.2) is 77.7 Å². The van der Waals surface area contributed by atoms with Crippen LogP contribution >= 0.6 is 0 Å². The summed E-state index contributed by atoms with van der Waals surface area (Å²) in [6.45, 7) is 4.21. The molecule has 3 aromatic rings. The highest BCUT2D eigenvalue weighted by molar-refractivity contribution is 5.70. The van der Waals surface area contributed by atoms with Crippen molar-refractivity contribution in [1.29, 1.82) is 0 Å². The van der Waals surface area contributed by atoms with E-state index in [0.717, 1.165) is 35.1 Å². The number of cyclic esters (lactones) is 1. The van der Waals surface area contributed by atoms with E-state index in [1.54, 1.807) is 37.7 Å². The van der Waals surface area contributed by atoms with Gasteiger partial charge in [0, 0.05) is 38.2 Å². The van der Waals surface area contributed by atoms with E-state index in [2.05, 4.69) is 24.3 Å². The molecule has 1 amide bonds. The predicted molar refractivity (Wildman–Crippen MR) is 144 cm³/mol. The normalized spacial score (nSPS) is 19.8. The summed E-state index contributed by atoms with van der Waals surface area (Å²) in [6.07, 6.45) is 4.65. The number of nitrogens with zero attached hydrogens (tertiary/aromatic N) is 2. The fourth-order valence-electron chi connectivity index (χ4n) is 5.57. The van der Waals surface area contributed by atoms with Gasteiger partial charge in [-0.3, -0.25) is 4.79 Å². The minimum Gasteiger partial charge on any atom is -0.446 e. The lowest BCUT2D eigenvalue weighted by atomic mass is 9.79. The maximum atomic E-state index is 13.4. The van der Waals surface area contributed by atoms with Gasteiger partial charge in [-0.15, -0.1) is 0 Å². The summed E-state index contributed by atoms with van der Waals surface area (Å²) in [5.41, 5.74) is 3.06. The second-order valence-electron chi connectivity index (χ2n) is 11.1. The largest absolute Gasteiger partial charge is 0.446 e. The van der Waals surface area contributed by atoms with Gasteiger partial charge in [0.1, 0.15) is 6.10 Å². The summed E-state index contributed by atoms with van der Waals surface area (Å²) < 4.78 is 7.60. The Hall–Kier alpha value is -3.38. The molecule has 2 heterocycles. The van der Waals surface area contributed by atoms with Gasteiger partial charge in [0.25, 0.3) is 5.56 Å². The number of amides is 1. The highest BCUT2D eigenvalue weighted by atomic mass is 16.6. The van der Waals surface area contributed by atoms with Crippen molar-refractivity contribution < 1.29 is 14.6 Å². The number of benzene rings is 2. The van der Waals surface area contributed by atoms with Crippen molar-refractivity contribution >= 4 is 6.09 Å². The van der Waals surface area contributed by atoms with Crippen LogP contribution in [0.4, 0.5) is 4.79 Å². The monoisotopic (exact) mass is 500 g/mol. The molecule has 2 aliphatic rings. The van der Waals surface area contributed by atoms with Gasteiger partial charge in [0.15, 0.2) is 0 Å². The molecule has 5 rings (SSSR count). The number of aromatic nitrogens is 1. The van der Waals surface area contributed by atoms with Crippen LogP contribution in [0, 0.1) is 11.8 Å². The van der Waals surface area contributed by atoms with Gasteiger partial charge in [0.2, 0.25) is 0 Å². The molecule has 2 fully saturated rings. The van der Waals surface area contributed by atoms with Crippen LogP contribution < -0.4 is 5.56 Å². The molecule has 1 saturated carbocycles. The summed E-state index contributed by atoms with van der Waals surface area (Å²) in [5, 5.41) is 11.0. The van der Waals surface area contributed by atoms with Crippen molar-refractivity contribution in [2.45, 2.75) is 57.3 Å². The van der Waals surface area contributed by atoms with E-state index in [-0.39, 0.29) is 29.7 Å². The van der Waals surface area contributed by atoms with Crippen LogP contribution in [-0.2, 0) is 18.2 Å². The second kappa shape index (κ2) is 10.2. The third kappa shape index (κ3) is 5.64. The lowest BCUT2D eigenvalue weighted by Gasteiger charge is -2.42. The first-order valence-electron chi connectivity index (χ1n) is 13.2. The minimum absolute atomic E-state index is 0.0270. The minimum atomic E-state index is -0.979. The van der Waals surface area contributed by atoms with E-state index in [0.29, 0.717) is 25.3 Å². The zero-order valence-electron chi connectivity index (χ0n) is 21.8. The summed E-state index contributed by atoms with van der Waals surface area (Å²) in [6, 6.07) is 21.8. The molecule has 0 radical (unpaired) electrons. The molecule has 1 aromatic heterocycles. The molecule has 0 spiro atoms. The van der Waals surface area contributed by atoms with Crippen LogP contribution in [0.5, 0.6) is 0 Å². The highest BCUT2D eigenvalue weighted by Crippen LogP contribution is 2.46. The first-order chi connectivity index (χ1) is 17.7. The highest BCUT2D eigenvalue weighted by Gasteiger charge is 2.45. The molecule has 3 atom stereocenters. The Morgan fingerprint density at radius 3 is 2.27 bits per heavy atom. The summed E-state index contributed by atoms with van der Waals surface area (Å²) >= 11 is 0. The molecular weight excluding hydrogens is 464 g/mol. The number of carbonyl (C=O) groups excluding carboxylic acids is 1. The van der Waals surface area contributed by atoms with Gasteiger partial charge in [-0.25, -0.2) is 4.79 Å². The topological polar surface area (TPSA) is 71.8 Å². The molecule has 1 aliphatic carbocycles. The lowest BCUT2D eigenvalue weighted by molar-refractivity contribution is -0.0804. The molecule has 1 aliphatic heterocycles. The Morgan fingerprint density at radius 2 is 1.68 bits per heavy atom. The number of aliphatic hydroxyl groups is 1. The van der Waals surface area contributed by atoms with Crippen molar-refractivity contribution in [1.82, 2.24) is 9.47 Å². The van der Waals surface area contributed by atoms with Crippen LogP contribution in [0.2, 0.25) is 0 Å². The number of hydrogen-bond donors (Lipinski definition) is 1. The van der Waals surface area contributed by atoms with Gasteiger partial charge in [0.05, 0.1) is 11.6 Å². The van der Waals surface area contributed by atoms with E-state index in [1.807, 2.05) is 41.3 Å². The first-order valence-corrected chi connectivity index (χ1v) is 13.2. The summed E-state index contributed by atoms with van der Waals surface area (Å²) in [4.78, 5) is 27.3.